The Balaban J connectivity index is 2.02. The van der Waals surface area contributed by atoms with Gasteiger partial charge in [-0.3, -0.25) is 4.79 Å². The standard InChI is InChI=1S/C17H20N2O2/c1-21-10-9-14-6-2-3-8-16(14)19-17(20)12-13-5-4-7-15(18)11-13/h2-8,11H,9-10,12,18H2,1H3,(H,19,20). The predicted molar refractivity (Wildman–Crippen MR) is 85.2 cm³/mol. The number of carbonyl (C=O) groups excluding carboxylic acids is 1. The molecule has 2 aromatic carbocycles. The van der Waals surface area contributed by atoms with Gasteiger partial charge in [-0.05, 0) is 35.7 Å². The van der Waals surface area contributed by atoms with E-state index in [0.29, 0.717) is 18.7 Å². The topological polar surface area (TPSA) is 64.3 Å². The number of hydrogen-bond acceptors (Lipinski definition) is 3. The van der Waals surface area contributed by atoms with Crippen molar-refractivity contribution in [2.45, 2.75) is 12.8 Å². The van der Waals surface area contributed by atoms with Gasteiger partial charge in [0.15, 0.2) is 0 Å². The number of nitrogens with one attached hydrogen (secondary N) is 1. The van der Waals surface area contributed by atoms with Crippen molar-refractivity contribution in [1.82, 2.24) is 0 Å². The number of nitrogens with two attached hydrogens (primary N) is 1. The van der Waals surface area contributed by atoms with E-state index in [2.05, 4.69) is 5.32 Å². The maximum absolute atomic E-state index is 12.1. The number of nitrogen functional groups attached to an aromatic ring is 1. The van der Waals surface area contributed by atoms with Gasteiger partial charge in [-0.2, -0.15) is 0 Å². The van der Waals surface area contributed by atoms with E-state index in [4.69, 9.17) is 10.5 Å². The summed E-state index contributed by atoms with van der Waals surface area (Å²) >= 11 is 0. The van der Waals surface area contributed by atoms with Crippen LogP contribution in [0.5, 0.6) is 0 Å². The monoisotopic (exact) mass is 284 g/mol. The van der Waals surface area contributed by atoms with Crippen LogP contribution in [0.3, 0.4) is 0 Å². The molecule has 0 heterocycles. The molecule has 0 aliphatic heterocycles. The van der Waals surface area contributed by atoms with E-state index in [1.165, 1.54) is 0 Å². The van der Waals surface area contributed by atoms with Gasteiger partial charge >= 0.3 is 0 Å². The average Bonchev–Trinajstić information content (AvgIpc) is 2.46. The molecule has 4 heteroatoms. The van der Waals surface area contributed by atoms with Gasteiger partial charge in [0.05, 0.1) is 13.0 Å². The third-order valence-electron chi connectivity index (χ3n) is 3.18. The summed E-state index contributed by atoms with van der Waals surface area (Å²) in [5.74, 6) is -0.0505. The molecule has 2 aromatic rings. The molecular formula is C17H20N2O2. The Kier molecular flexibility index (Phi) is 5.35. The van der Waals surface area contributed by atoms with Crippen molar-refractivity contribution in [3.05, 3.63) is 59.7 Å². The number of methoxy groups -OCH3 is 1. The summed E-state index contributed by atoms with van der Waals surface area (Å²) in [5, 5.41) is 2.95. The minimum Gasteiger partial charge on any atom is -0.399 e. The summed E-state index contributed by atoms with van der Waals surface area (Å²) in [7, 11) is 1.67. The second kappa shape index (κ2) is 7.45. The molecule has 0 aliphatic carbocycles. The fraction of sp³-hybridized carbons (Fsp3) is 0.235. The molecule has 0 saturated carbocycles. The zero-order valence-electron chi connectivity index (χ0n) is 12.1. The summed E-state index contributed by atoms with van der Waals surface area (Å²) in [6.07, 6.45) is 1.08. The molecule has 110 valence electrons. The molecule has 0 saturated heterocycles. The van der Waals surface area contributed by atoms with E-state index < -0.39 is 0 Å². The Labute approximate surface area is 124 Å². The number of anilines is 2. The number of para-hydroxylation sites is 1. The summed E-state index contributed by atoms with van der Waals surface area (Å²) in [4.78, 5) is 12.1. The van der Waals surface area contributed by atoms with Crippen molar-refractivity contribution in [3.63, 3.8) is 0 Å². The molecule has 3 N–H and O–H groups in total. The van der Waals surface area contributed by atoms with Crippen LogP contribution < -0.4 is 11.1 Å². The van der Waals surface area contributed by atoms with Gasteiger partial charge in [0, 0.05) is 18.5 Å². The first kappa shape index (κ1) is 15.1. The largest absolute Gasteiger partial charge is 0.399 e. The molecule has 1 amide bonds. The van der Waals surface area contributed by atoms with Crippen LogP contribution in [0.15, 0.2) is 48.5 Å². The highest BCUT2D eigenvalue weighted by atomic mass is 16.5. The second-order valence-electron chi connectivity index (χ2n) is 4.87. The second-order valence-corrected chi connectivity index (χ2v) is 4.87. The summed E-state index contributed by atoms with van der Waals surface area (Å²) in [5.41, 5.74) is 9.20. The smallest absolute Gasteiger partial charge is 0.228 e. The lowest BCUT2D eigenvalue weighted by Gasteiger charge is -2.11. The van der Waals surface area contributed by atoms with E-state index in [0.717, 1.165) is 23.2 Å². The fourth-order valence-electron chi connectivity index (χ4n) is 2.16. The molecule has 21 heavy (non-hydrogen) atoms. The molecule has 2 rings (SSSR count). The van der Waals surface area contributed by atoms with Gasteiger partial charge < -0.3 is 15.8 Å². The Bertz CT molecular complexity index is 611. The Morgan fingerprint density at radius 1 is 1.19 bits per heavy atom. The van der Waals surface area contributed by atoms with Gasteiger partial charge in [-0.1, -0.05) is 30.3 Å². The molecule has 0 radical (unpaired) electrons. The molecule has 0 aromatic heterocycles. The molecule has 0 unspecified atom stereocenters. The van der Waals surface area contributed by atoms with Crippen LogP contribution >= 0.6 is 0 Å². The SMILES string of the molecule is COCCc1ccccc1NC(=O)Cc1cccc(N)c1. The van der Waals surface area contributed by atoms with E-state index in [1.54, 1.807) is 13.2 Å². The highest BCUT2D eigenvalue weighted by Gasteiger charge is 2.07. The molecular weight excluding hydrogens is 264 g/mol. The number of hydrogen-bond donors (Lipinski definition) is 2. The maximum atomic E-state index is 12.1. The predicted octanol–water partition coefficient (Wildman–Crippen LogP) is 2.64. The van der Waals surface area contributed by atoms with E-state index in [-0.39, 0.29) is 5.91 Å². The Hall–Kier alpha value is -2.33. The third kappa shape index (κ3) is 4.61. The minimum atomic E-state index is -0.0505. The lowest BCUT2D eigenvalue weighted by Crippen LogP contribution is -2.16. The van der Waals surface area contributed by atoms with Crippen molar-refractivity contribution in [2.75, 3.05) is 24.8 Å². The highest BCUT2D eigenvalue weighted by molar-refractivity contribution is 5.93. The molecule has 0 fully saturated rings. The molecule has 4 nitrogen and oxygen atoms in total. The number of carbonyl (C=O) groups is 1. The lowest BCUT2D eigenvalue weighted by atomic mass is 10.1. The van der Waals surface area contributed by atoms with Gasteiger partial charge in [0.2, 0.25) is 5.91 Å². The van der Waals surface area contributed by atoms with Gasteiger partial charge in [-0.25, -0.2) is 0 Å². The number of ether oxygens (including phenoxy) is 1. The lowest BCUT2D eigenvalue weighted by molar-refractivity contribution is -0.115. The summed E-state index contributed by atoms with van der Waals surface area (Å²) < 4.78 is 5.09. The summed E-state index contributed by atoms with van der Waals surface area (Å²) in [6, 6.07) is 15.1. The van der Waals surface area contributed by atoms with Crippen molar-refractivity contribution in [1.29, 1.82) is 0 Å². The normalized spacial score (nSPS) is 10.3. The summed E-state index contributed by atoms with van der Waals surface area (Å²) in [6.45, 7) is 0.627. The van der Waals surface area contributed by atoms with E-state index in [9.17, 15) is 4.79 Å². The third-order valence-corrected chi connectivity index (χ3v) is 3.18. The zero-order valence-corrected chi connectivity index (χ0v) is 12.1. The number of rotatable bonds is 6. The maximum Gasteiger partial charge on any atom is 0.228 e. The first-order chi connectivity index (χ1) is 10.2. The molecule has 0 atom stereocenters. The first-order valence-corrected chi connectivity index (χ1v) is 6.90. The van der Waals surface area contributed by atoms with E-state index in [1.807, 2.05) is 42.5 Å². The van der Waals surface area contributed by atoms with Crippen molar-refractivity contribution in [2.24, 2.45) is 0 Å². The van der Waals surface area contributed by atoms with Crippen LogP contribution in [0.2, 0.25) is 0 Å². The van der Waals surface area contributed by atoms with Gasteiger partial charge in [-0.15, -0.1) is 0 Å². The number of benzene rings is 2. The van der Waals surface area contributed by atoms with Crippen molar-refractivity contribution < 1.29 is 9.53 Å². The van der Waals surface area contributed by atoms with E-state index >= 15 is 0 Å². The quantitative estimate of drug-likeness (QED) is 0.801. The molecule has 0 spiro atoms. The highest BCUT2D eigenvalue weighted by Crippen LogP contribution is 2.16. The van der Waals surface area contributed by atoms with Crippen LogP contribution in [0, 0.1) is 0 Å². The van der Waals surface area contributed by atoms with Crippen LogP contribution in [-0.4, -0.2) is 19.6 Å². The van der Waals surface area contributed by atoms with Crippen LogP contribution in [0.25, 0.3) is 0 Å². The fourth-order valence-corrected chi connectivity index (χ4v) is 2.16. The zero-order chi connectivity index (χ0) is 15.1. The molecule has 0 aliphatic rings. The van der Waals surface area contributed by atoms with Crippen LogP contribution in [-0.2, 0) is 22.4 Å². The van der Waals surface area contributed by atoms with Crippen molar-refractivity contribution in [3.8, 4) is 0 Å². The minimum absolute atomic E-state index is 0.0505. The Morgan fingerprint density at radius 3 is 2.76 bits per heavy atom. The van der Waals surface area contributed by atoms with Crippen LogP contribution in [0.4, 0.5) is 11.4 Å². The van der Waals surface area contributed by atoms with Gasteiger partial charge in [0.1, 0.15) is 0 Å². The van der Waals surface area contributed by atoms with Crippen molar-refractivity contribution >= 4 is 17.3 Å². The molecule has 0 bridgehead atoms. The first-order valence-electron chi connectivity index (χ1n) is 6.90. The Morgan fingerprint density at radius 2 is 2.00 bits per heavy atom. The average molecular weight is 284 g/mol. The number of amides is 1. The van der Waals surface area contributed by atoms with Crippen LogP contribution in [0.1, 0.15) is 11.1 Å². The van der Waals surface area contributed by atoms with Gasteiger partial charge in [0.25, 0.3) is 0 Å².